The van der Waals surface area contributed by atoms with Gasteiger partial charge in [-0.3, -0.25) is 14.4 Å². The van der Waals surface area contributed by atoms with Gasteiger partial charge >= 0.3 is 6.09 Å². The van der Waals surface area contributed by atoms with Crippen LogP contribution < -0.4 is 16.2 Å². The van der Waals surface area contributed by atoms with E-state index in [0.717, 1.165) is 57.1 Å². The number of nitrogens with zero attached hydrogens (tertiary/aromatic N) is 1. The first-order valence-corrected chi connectivity index (χ1v) is 15.5. The molecule has 1 aromatic heterocycles. The first-order chi connectivity index (χ1) is 21.8. The van der Waals surface area contributed by atoms with Crippen LogP contribution in [-0.4, -0.2) is 60.6 Å². The van der Waals surface area contributed by atoms with Crippen LogP contribution in [0.2, 0.25) is 0 Å². The van der Waals surface area contributed by atoms with Crippen molar-refractivity contribution < 1.29 is 19.1 Å². The minimum absolute atomic E-state index is 0.0505. The SMILES string of the molecule is CNC(=O)[C@H](CC1CCN(C(=O)Cc2ccc3[nH]c(=O)cc(C)c3c2)CC1)NC(=O)OCC1c2ccccc2-c2ccccc21. The Kier molecular flexibility index (Phi) is 8.69. The van der Waals surface area contributed by atoms with Gasteiger partial charge in [0.05, 0.1) is 6.42 Å². The van der Waals surface area contributed by atoms with Crippen molar-refractivity contribution in [1.29, 1.82) is 0 Å². The van der Waals surface area contributed by atoms with E-state index in [4.69, 9.17) is 4.74 Å². The number of fused-ring (bicyclic) bond motifs is 4. The standard InChI is InChI=1S/C36H38N4O5/c1-22-17-33(41)38-31-12-11-24(18-29(22)31)20-34(42)40-15-13-23(14-16-40)19-32(35(43)37-2)39-36(44)45-21-30-27-9-5-3-7-25(27)26-8-4-6-10-28(26)30/h3-12,17-18,23,30,32H,13-16,19-21H2,1-2H3,(H,37,43)(H,38,41)(H,39,44)/t32-/m0/s1. The Bertz CT molecular complexity index is 1760. The predicted molar refractivity (Wildman–Crippen MR) is 173 cm³/mol. The summed E-state index contributed by atoms with van der Waals surface area (Å²) in [6.45, 7) is 3.25. The molecule has 1 aliphatic carbocycles. The number of aromatic amines is 1. The molecule has 2 aliphatic rings. The molecule has 0 radical (unpaired) electrons. The number of amides is 3. The van der Waals surface area contributed by atoms with Crippen molar-refractivity contribution in [3.63, 3.8) is 0 Å². The highest BCUT2D eigenvalue weighted by Gasteiger charge is 2.31. The molecule has 45 heavy (non-hydrogen) atoms. The molecule has 3 aromatic carbocycles. The second-order valence-electron chi connectivity index (χ2n) is 12.1. The van der Waals surface area contributed by atoms with Gasteiger partial charge in [0.2, 0.25) is 17.4 Å². The van der Waals surface area contributed by atoms with Crippen LogP contribution in [-0.2, 0) is 20.7 Å². The molecule has 3 N–H and O–H groups in total. The number of hydrogen-bond acceptors (Lipinski definition) is 5. The van der Waals surface area contributed by atoms with Crippen LogP contribution in [0.4, 0.5) is 4.79 Å². The van der Waals surface area contributed by atoms with E-state index in [9.17, 15) is 19.2 Å². The fraction of sp³-hybridized carbons (Fsp3) is 0.333. The highest BCUT2D eigenvalue weighted by atomic mass is 16.5. The van der Waals surface area contributed by atoms with Crippen molar-refractivity contribution in [3.8, 4) is 11.1 Å². The molecule has 9 nitrogen and oxygen atoms in total. The molecule has 1 saturated heterocycles. The number of aromatic nitrogens is 1. The van der Waals surface area contributed by atoms with Crippen LogP contribution in [0.5, 0.6) is 0 Å². The van der Waals surface area contributed by atoms with Crippen LogP contribution in [0, 0.1) is 12.8 Å². The van der Waals surface area contributed by atoms with Gasteiger partial charge in [-0.2, -0.15) is 0 Å². The highest BCUT2D eigenvalue weighted by molar-refractivity contribution is 5.86. The molecule has 4 aromatic rings. The number of benzene rings is 3. The van der Waals surface area contributed by atoms with Crippen LogP contribution in [0.1, 0.15) is 47.4 Å². The number of likely N-dealkylation sites (tertiary alicyclic amines) is 1. The van der Waals surface area contributed by atoms with Gasteiger partial charge in [-0.1, -0.05) is 54.6 Å². The molecule has 0 unspecified atom stereocenters. The van der Waals surface area contributed by atoms with E-state index in [-0.39, 0.29) is 42.2 Å². The second kappa shape index (κ2) is 13.0. The van der Waals surface area contributed by atoms with E-state index < -0.39 is 12.1 Å². The van der Waals surface area contributed by atoms with Crippen molar-refractivity contribution in [3.05, 3.63) is 105 Å². The van der Waals surface area contributed by atoms with Crippen molar-refractivity contribution in [1.82, 2.24) is 20.5 Å². The molecule has 9 heteroatoms. The smallest absolute Gasteiger partial charge is 0.407 e. The lowest BCUT2D eigenvalue weighted by Gasteiger charge is -2.33. The molecule has 0 saturated carbocycles. The number of piperidine rings is 1. The summed E-state index contributed by atoms with van der Waals surface area (Å²) in [5.74, 6) is -0.110. The van der Waals surface area contributed by atoms with Crippen LogP contribution in [0.25, 0.3) is 22.0 Å². The van der Waals surface area contributed by atoms with Crippen molar-refractivity contribution in [2.45, 2.75) is 44.6 Å². The van der Waals surface area contributed by atoms with Crippen LogP contribution >= 0.6 is 0 Å². The largest absolute Gasteiger partial charge is 0.449 e. The third-order valence-corrected chi connectivity index (χ3v) is 9.20. The topological polar surface area (TPSA) is 121 Å². The monoisotopic (exact) mass is 606 g/mol. The Morgan fingerprint density at radius 1 is 0.956 bits per heavy atom. The molecule has 0 bridgehead atoms. The Labute approximate surface area is 262 Å². The third kappa shape index (κ3) is 6.48. The van der Waals surface area contributed by atoms with E-state index in [1.165, 1.54) is 0 Å². The quantitative estimate of drug-likeness (QED) is 0.270. The molecule has 2 heterocycles. The van der Waals surface area contributed by atoms with E-state index in [1.807, 2.05) is 54.3 Å². The number of nitrogens with one attached hydrogen (secondary N) is 3. The number of hydrogen-bond donors (Lipinski definition) is 3. The molecule has 1 aliphatic heterocycles. The number of pyridine rings is 1. The summed E-state index contributed by atoms with van der Waals surface area (Å²) in [4.78, 5) is 55.3. The number of carbonyl (C=O) groups excluding carboxylic acids is 3. The summed E-state index contributed by atoms with van der Waals surface area (Å²) < 4.78 is 5.70. The molecule has 6 rings (SSSR count). The van der Waals surface area contributed by atoms with Crippen LogP contribution in [0.15, 0.2) is 77.6 Å². The van der Waals surface area contributed by atoms with E-state index >= 15 is 0 Å². The van der Waals surface area contributed by atoms with Crippen molar-refractivity contribution in [2.75, 3.05) is 26.7 Å². The Hall–Kier alpha value is -4.92. The molecule has 232 valence electrons. The summed E-state index contributed by atoms with van der Waals surface area (Å²) in [7, 11) is 1.56. The van der Waals surface area contributed by atoms with Crippen molar-refractivity contribution >= 4 is 28.8 Å². The molecular weight excluding hydrogens is 568 g/mol. The van der Waals surface area contributed by atoms with E-state index in [1.54, 1.807) is 13.1 Å². The zero-order valence-electron chi connectivity index (χ0n) is 25.6. The number of carbonyl (C=O) groups is 3. The Balaban J connectivity index is 1.02. The van der Waals surface area contributed by atoms with Gasteiger partial charge in [-0.05, 0) is 77.6 Å². The number of ether oxygens (including phenoxy) is 1. The average Bonchev–Trinajstić information content (AvgIpc) is 3.37. The Morgan fingerprint density at radius 2 is 1.62 bits per heavy atom. The number of rotatable bonds is 8. The number of likely N-dealkylation sites (N-methyl/N-ethyl adjacent to an activating group) is 1. The maximum atomic E-state index is 13.1. The summed E-state index contributed by atoms with van der Waals surface area (Å²) in [5.41, 5.74) is 6.96. The van der Waals surface area contributed by atoms with Gasteiger partial charge in [0.1, 0.15) is 12.6 Å². The lowest BCUT2D eigenvalue weighted by atomic mass is 9.89. The van der Waals surface area contributed by atoms with Gasteiger partial charge < -0.3 is 25.3 Å². The van der Waals surface area contributed by atoms with Gasteiger partial charge in [-0.25, -0.2) is 4.79 Å². The molecular formula is C36H38N4O5. The molecule has 3 amide bonds. The zero-order valence-corrected chi connectivity index (χ0v) is 25.6. The predicted octanol–water partition coefficient (Wildman–Crippen LogP) is 4.66. The van der Waals surface area contributed by atoms with Gasteiger partial charge in [0, 0.05) is 43.0 Å². The maximum Gasteiger partial charge on any atom is 0.407 e. The first-order valence-electron chi connectivity index (χ1n) is 15.5. The molecule has 1 fully saturated rings. The zero-order chi connectivity index (χ0) is 31.5. The maximum absolute atomic E-state index is 13.1. The minimum Gasteiger partial charge on any atom is -0.449 e. The Morgan fingerprint density at radius 3 is 2.29 bits per heavy atom. The second-order valence-corrected chi connectivity index (χ2v) is 12.1. The molecule has 1 atom stereocenters. The van der Waals surface area contributed by atoms with E-state index in [2.05, 4.69) is 39.9 Å². The fourth-order valence-corrected chi connectivity index (χ4v) is 6.81. The number of H-pyrrole nitrogens is 1. The van der Waals surface area contributed by atoms with Gasteiger partial charge in [-0.15, -0.1) is 0 Å². The highest BCUT2D eigenvalue weighted by Crippen LogP contribution is 2.44. The summed E-state index contributed by atoms with van der Waals surface area (Å²) in [6.07, 6.45) is 1.61. The van der Waals surface area contributed by atoms with E-state index in [0.29, 0.717) is 19.5 Å². The van der Waals surface area contributed by atoms with Crippen molar-refractivity contribution in [2.24, 2.45) is 5.92 Å². The lowest BCUT2D eigenvalue weighted by molar-refractivity contribution is -0.132. The number of aryl methyl sites for hydroxylation is 1. The summed E-state index contributed by atoms with van der Waals surface area (Å²) in [5, 5.41) is 6.40. The van der Waals surface area contributed by atoms with Gasteiger partial charge in [0.25, 0.3) is 0 Å². The number of alkyl carbamates (subject to hydrolysis) is 1. The van der Waals surface area contributed by atoms with Gasteiger partial charge in [0.15, 0.2) is 0 Å². The molecule has 0 spiro atoms. The summed E-state index contributed by atoms with van der Waals surface area (Å²) in [6, 6.07) is 22.8. The normalized spacial score (nSPS) is 15.3. The average molecular weight is 607 g/mol. The summed E-state index contributed by atoms with van der Waals surface area (Å²) >= 11 is 0. The first kappa shape index (κ1) is 30.1. The minimum atomic E-state index is -0.731. The third-order valence-electron chi connectivity index (χ3n) is 9.20. The lowest BCUT2D eigenvalue weighted by Crippen LogP contribution is -2.48. The van der Waals surface area contributed by atoms with Crippen LogP contribution in [0.3, 0.4) is 0 Å². The fourth-order valence-electron chi connectivity index (χ4n) is 6.81.